The van der Waals surface area contributed by atoms with Gasteiger partial charge >= 0.3 is 0 Å². The molecule has 0 unspecified atom stereocenters. The van der Waals surface area contributed by atoms with Gasteiger partial charge in [0.1, 0.15) is 5.76 Å². The molecule has 0 saturated carbocycles. The van der Waals surface area contributed by atoms with Gasteiger partial charge in [-0.15, -0.1) is 0 Å². The minimum Gasteiger partial charge on any atom is -0.491 e. The summed E-state index contributed by atoms with van der Waals surface area (Å²) in [7, 11) is 1.87. The summed E-state index contributed by atoms with van der Waals surface area (Å²) in [6.45, 7) is 7.75. The summed E-state index contributed by atoms with van der Waals surface area (Å²) in [6.07, 6.45) is 3.79. The van der Waals surface area contributed by atoms with Crippen LogP contribution in [-0.4, -0.2) is 15.9 Å². The van der Waals surface area contributed by atoms with E-state index in [0.717, 1.165) is 5.56 Å². The quantitative estimate of drug-likeness (QED) is 0.640. The number of nitrogens with zero attached hydrogens (tertiary/aromatic N) is 2. The van der Waals surface area contributed by atoms with Crippen LogP contribution < -0.4 is 0 Å². The number of ether oxygens (including phenoxy) is 1. The molecule has 0 aliphatic rings. The number of rotatable bonds is 3. The highest BCUT2D eigenvalue weighted by Gasteiger charge is 2.03. The van der Waals surface area contributed by atoms with E-state index in [-0.39, 0.29) is 6.10 Å². The van der Waals surface area contributed by atoms with Crippen molar-refractivity contribution >= 4 is 5.76 Å². The molecule has 0 fully saturated rings. The molecule has 3 heteroatoms. The van der Waals surface area contributed by atoms with Gasteiger partial charge in [0, 0.05) is 13.2 Å². The Morgan fingerprint density at radius 1 is 1.67 bits per heavy atom. The maximum atomic E-state index is 5.40. The van der Waals surface area contributed by atoms with E-state index >= 15 is 0 Å². The maximum Gasteiger partial charge on any atom is 0.122 e. The first kappa shape index (κ1) is 8.84. The van der Waals surface area contributed by atoms with Crippen LogP contribution in [0.2, 0.25) is 0 Å². The summed E-state index contributed by atoms with van der Waals surface area (Å²) >= 11 is 0. The number of hydrogen-bond donors (Lipinski definition) is 0. The smallest absolute Gasteiger partial charge is 0.122 e. The molecule has 0 spiro atoms. The molecule has 0 aromatic carbocycles. The third-order valence-corrected chi connectivity index (χ3v) is 1.40. The fourth-order valence-electron chi connectivity index (χ4n) is 0.918. The molecular weight excluding hydrogens is 152 g/mol. The molecule has 66 valence electrons. The van der Waals surface area contributed by atoms with Crippen LogP contribution >= 0.6 is 0 Å². The molecule has 1 aromatic heterocycles. The fourth-order valence-corrected chi connectivity index (χ4v) is 0.918. The Morgan fingerprint density at radius 2 is 2.33 bits per heavy atom. The van der Waals surface area contributed by atoms with E-state index in [0.29, 0.717) is 5.76 Å². The third kappa shape index (κ3) is 2.12. The molecule has 1 aromatic rings. The Morgan fingerprint density at radius 3 is 2.75 bits per heavy atom. The second kappa shape index (κ2) is 3.43. The lowest BCUT2D eigenvalue weighted by molar-refractivity contribution is 0.205. The zero-order chi connectivity index (χ0) is 9.14. The van der Waals surface area contributed by atoms with Crippen LogP contribution in [0.15, 0.2) is 19.0 Å². The van der Waals surface area contributed by atoms with Gasteiger partial charge in [0.05, 0.1) is 17.9 Å². The molecule has 3 nitrogen and oxygen atoms in total. The topological polar surface area (TPSA) is 27.1 Å². The van der Waals surface area contributed by atoms with Gasteiger partial charge in [0.15, 0.2) is 0 Å². The summed E-state index contributed by atoms with van der Waals surface area (Å²) in [5.41, 5.74) is 0.936. The molecule has 0 saturated heterocycles. The Bertz CT molecular complexity index is 276. The highest BCUT2D eigenvalue weighted by molar-refractivity contribution is 5.55. The standard InChI is InChI=1S/C9H14N2O/c1-7(2)12-8(3)9-5-10-11(4)6-9/h5-7H,3H2,1-2,4H3. The van der Waals surface area contributed by atoms with Crippen LogP contribution in [0.5, 0.6) is 0 Å². The number of aryl methyl sites for hydroxylation is 1. The van der Waals surface area contributed by atoms with Gasteiger partial charge in [-0.2, -0.15) is 5.10 Å². The first-order valence-corrected chi connectivity index (χ1v) is 3.94. The van der Waals surface area contributed by atoms with E-state index in [4.69, 9.17) is 4.74 Å². The zero-order valence-corrected chi connectivity index (χ0v) is 7.74. The van der Waals surface area contributed by atoms with Crippen LogP contribution in [0.25, 0.3) is 5.76 Å². The third-order valence-electron chi connectivity index (χ3n) is 1.40. The minimum absolute atomic E-state index is 0.165. The second-order valence-electron chi connectivity index (χ2n) is 2.99. The molecule has 0 bridgehead atoms. The van der Waals surface area contributed by atoms with Gasteiger partial charge in [-0.25, -0.2) is 0 Å². The Balaban J connectivity index is 2.65. The normalized spacial score (nSPS) is 10.3. The molecule has 1 heterocycles. The molecule has 0 N–H and O–H groups in total. The first-order chi connectivity index (χ1) is 5.59. The van der Waals surface area contributed by atoms with Crippen molar-refractivity contribution in [2.75, 3.05) is 0 Å². The molecule has 0 aliphatic heterocycles. The summed E-state index contributed by atoms with van der Waals surface area (Å²) in [5, 5.41) is 4.02. The lowest BCUT2D eigenvalue weighted by Crippen LogP contribution is -2.00. The van der Waals surface area contributed by atoms with Crippen LogP contribution in [-0.2, 0) is 11.8 Å². The zero-order valence-electron chi connectivity index (χ0n) is 7.74. The molecule has 0 aliphatic carbocycles. The lowest BCUT2D eigenvalue weighted by Gasteiger charge is -2.09. The SMILES string of the molecule is C=C(OC(C)C)c1cnn(C)c1. The highest BCUT2D eigenvalue weighted by atomic mass is 16.5. The average Bonchev–Trinajstić information content (AvgIpc) is 2.34. The molecule has 0 amide bonds. The van der Waals surface area contributed by atoms with Gasteiger partial charge < -0.3 is 4.74 Å². The van der Waals surface area contributed by atoms with Crippen molar-refractivity contribution in [2.24, 2.45) is 7.05 Å². The van der Waals surface area contributed by atoms with Gasteiger partial charge in [0.2, 0.25) is 0 Å². The van der Waals surface area contributed by atoms with Crippen molar-refractivity contribution in [3.8, 4) is 0 Å². The monoisotopic (exact) mass is 166 g/mol. The molecule has 1 rings (SSSR count). The Hall–Kier alpha value is -1.25. The van der Waals surface area contributed by atoms with Crippen molar-refractivity contribution in [3.05, 3.63) is 24.5 Å². The van der Waals surface area contributed by atoms with Gasteiger partial charge in [-0.3, -0.25) is 4.68 Å². The number of hydrogen-bond acceptors (Lipinski definition) is 2. The average molecular weight is 166 g/mol. The van der Waals surface area contributed by atoms with Gasteiger partial charge in [-0.1, -0.05) is 6.58 Å². The largest absolute Gasteiger partial charge is 0.491 e. The van der Waals surface area contributed by atoms with E-state index in [1.165, 1.54) is 0 Å². The summed E-state index contributed by atoms with van der Waals surface area (Å²) in [5.74, 6) is 0.679. The van der Waals surface area contributed by atoms with Crippen LogP contribution in [0.3, 0.4) is 0 Å². The number of aromatic nitrogens is 2. The maximum absolute atomic E-state index is 5.40. The Labute approximate surface area is 72.7 Å². The van der Waals surface area contributed by atoms with E-state index in [1.54, 1.807) is 10.9 Å². The Kier molecular flexibility index (Phi) is 2.53. The van der Waals surface area contributed by atoms with Crippen molar-refractivity contribution in [3.63, 3.8) is 0 Å². The van der Waals surface area contributed by atoms with Crippen molar-refractivity contribution in [1.29, 1.82) is 0 Å². The predicted molar refractivity (Wildman–Crippen MR) is 48.5 cm³/mol. The van der Waals surface area contributed by atoms with Crippen LogP contribution in [0.1, 0.15) is 19.4 Å². The van der Waals surface area contributed by atoms with Crippen molar-refractivity contribution < 1.29 is 4.74 Å². The molecular formula is C9H14N2O. The van der Waals surface area contributed by atoms with Crippen molar-refractivity contribution in [1.82, 2.24) is 9.78 Å². The summed E-state index contributed by atoms with van der Waals surface area (Å²) in [6, 6.07) is 0. The predicted octanol–water partition coefficient (Wildman–Crippen LogP) is 1.82. The van der Waals surface area contributed by atoms with E-state index in [2.05, 4.69) is 11.7 Å². The summed E-state index contributed by atoms with van der Waals surface area (Å²) < 4.78 is 7.13. The lowest BCUT2D eigenvalue weighted by atomic mass is 10.3. The van der Waals surface area contributed by atoms with E-state index in [9.17, 15) is 0 Å². The minimum atomic E-state index is 0.165. The van der Waals surface area contributed by atoms with Crippen LogP contribution in [0, 0.1) is 0 Å². The highest BCUT2D eigenvalue weighted by Crippen LogP contribution is 2.13. The van der Waals surface area contributed by atoms with E-state index in [1.807, 2.05) is 27.1 Å². The molecule has 0 radical (unpaired) electrons. The molecule has 0 atom stereocenters. The summed E-state index contributed by atoms with van der Waals surface area (Å²) in [4.78, 5) is 0. The fraction of sp³-hybridized carbons (Fsp3) is 0.444. The van der Waals surface area contributed by atoms with Gasteiger partial charge in [-0.05, 0) is 13.8 Å². The van der Waals surface area contributed by atoms with Crippen molar-refractivity contribution in [2.45, 2.75) is 20.0 Å². The van der Waals surface area contributed by atoms with E-state index < -0.39 is 0 Å². The first-order valence-electron chi connectivity index (χ1n) is 3.94. The van der Waals surface area contributed by atoms with Crippen LogP contribution in [0.4, 0.5) is 0 Å². The molecule has 12 heavy (non-hydrogen) atoms. The second-order valence-corrected chi connectivity index (χ2v) is 2.99. The van der Waals surface area contributed by atoms with Gasteiger partial charge in [0.25, 0.3) is 0 Å².